The number of hydrogen-bond donors (Lipinski definition) is 0. The largest absolute Gasteiger partial charge is 0.478 e. The van der Waals surface area contributed by atoms with E-state index in [0.717, 1.165) is 0 Å². The summed E-state index contributed by atoms with van der Waals surface area (Å²) in [7, 11) is -0.388. The van der Waals surface area contributed by atoms with Gasteiger partial charge in [0, 0.05) is 13.0 Å². The van der Waals surface area contributed by atoms with E-state index in [1.807, 2.05) is 0 Å². The van der Waals surface area contributed by atoms with Crippen molar-refractivity contribution in [2.24, 2.45) is 0 Å². The zero-order valence-electron chi connectivity index (χ0n) is 18.1. The molecule has 160 valence electrons. The highest BCUT2D eigenvalue weighted by Crippen LogP contribution is 2.37. The molecule has 0 radical (unpaired) electrons. The van der Waals surface area contributed by atoms with Gasteiger partial charge in [0.25, 0.3) is 5.88 Å². The fourth-order valence-electron chi connectivity index (χ4n) is 2.40. The predicted octanol–water partition coefficient (Wildman–Crippen LogP) is 3.68. The minimum Gasteiger partial charge on any atom is -0.478 e. The van der Waals surface area contributed by atoms with E-state index >= 15 is 0 Å². The van der Waals surface area contributed by atoms with Gasteiger partial charge < -0.3 is 13.9 Å². The van der Waals surface area contributed by atoms with Crippen molar-refractivity contribution in [2.75, 3.05) is 20.3 Å². The van der Waals surface area contributed by atoms with Crippen molar-refractivity contribution < 1.29 is 18.8 Å². The summed E-state index contributed by atoms with van der Waals surface area (Å²) < 4.78 is 18.3. The minimum atomic E-state index is -1.83. The Kier molecular flexibility index (Phi) is 6.96. The van der Waals surface area contributed by atoms with Crippen LogP contribution in [0.3, 0.4) is 0 Å². The van der Waals surface area contributed by atoms with Gasteiger partial charge in [0.05, 0.1) is 24.8 Å². The number of aromatic nitrogens is 4. The second-order valence-corrected chi connectivity index (χ2v) is 13.0. The molecule has 0 aromatic carbocycles. The van der Waals surface area contributed by atoms with Crippen LogP contribution in [0.4, 0.5) is 5.69 Å². The Morgan fingerprint density at radius 2 is 1.93 bits per heavy atom. The molecule has 0 saturated heterocycles. The quantitative estimate of drug-likeness (QED) is 0.260. The van der Waals surface area contributed by atoms with E-state index in [0.29, 0.717) is 24.4 Å². The summed E-state index contributed by atoms with van der Waals surface area (Å²) in [4.78, 5) is 11.1. The first-order valence-electron chi connectivity index (χ1n) is 9.36. The Morgan fingerprint density at radius 3 is 2.52 bits per heavy atom. The van der Waals surface area contributed by atoms with Crippen molar-refractivity contribution >= 4 is 14.0 Å². The molecule has 0 aliphatic rings. The average molecular weight is 424 g/mol. The van der Waals surface area contributed by atoms with Crippen molar-refractivity contribution in [3.05, 3.63) is 28.1 Å². The van der Waals surface area contributed by atoms with Crippen molar-refractivity contribution in [1.29, 1.82) is 0 Å². The molecular weight excluding hydrogens is 394 g/mol. The summed E-state index contributed by atoms with van der Waals surface area (Å²) in [5, 5.41) is 23.6. The lowest BCUT2D eigenvalue weighted by Crippen LogP contribution is -2.41. The molecule has 0 atom stereocenters. The highest BCUT2D eigenvalue weighted by Gasteiger charge is 2.37. The lowest BCUT2D eigenvalue weighted by molar-refractivity contribution is -0.386. The van der Waals surface area contributed by atoms with Gasteiger partial charge in [0.2, 0.25) is 0 Å². The minimum absolute atomic E-state index is 0.0429. The van der Waals surface area contributed by atoms with Gasteiger partial charge in [0.1, 0.15) is 11.4 Å². The number of methoxy groups -OCH3 is 1. The molecule has 0 spiro atoms. The molecule has 2 rings (SSSR count). The molecule has 0 N–H and O–H groups in total. The van der Waals surface area contributed by atoms with E-state index in [9.17, 15) is 10.1 Å². The molecule has 2 aromatic rings. The van der Waals surface area contributed by atoms with Crippen LogP contribution in [-0.2, 0) is 4.43 Å². The number of rotatable bonds is 9. The third-order valence-electron chi connectivity index (χ3n) is 5.12. The predicted molar refractivity (Wildman–Crippen MR) is 110 cm³/mol. The van der Waals surface area contributed by atoms with Crippen LogP contribution in [0.5, 0.6) is 11.8 Å². The lowest BCUT2D eigenvalue weighted by atomic mass is 10.2. The van der Waals surface area contributed by atoms with Crippen molar-refractivity contribution in [2.45, 2.75) is 52.2 Å². The van der Waals surface area contributed by atoms with E-state index in [-0.39, 0.29) is 29.1 Å². The summed E-state index contributed by atoms with van der Waals surface area (Å²) in [6.45, 7) is 13.3. The van der Waals surface area contributed by atoms with Crippen LogP contribution in [0.1, 0.15) is 32.9 Å². The fourth-order valence-corrected chi connectivity index (χ4v) is 3.49. The maximum atomic E-state index is 11.6. The van der Waals surface area contributed by atoms with Crippen LogP contribution in [0.2, 0.25) is 18.1 Å². The Bertz CT molecular complexity index is 863. The Morgan fingerprint density at radius 1 is 1.24 bits per heavy atom. The van der Waals surface area contributed by atoms with Crippen molar-refractivity contribution in [3.8, 4) is 17.4 Å². The SMILES string of the molecule is COc1nnccc1-n1nc(OCCCO[Si](C)(C)C(C)(C)C)c([N+](=O)[O-])c1C. The van der Waals surface area contributed by atoms with Crippen LogP contribution in [0, 0.1) is 17.0 Å². The summed E-state index contributed by atoms with van der Waals surface area (Å²) in [6.07, 6.45) is 2.07. The summed E-state index contributed by atoms with van der Waals surface area (Å²) in [5.74, 6) is 0.168. The van der Waals surface area contributed by atoms with Gasteiger partial charge in [-0.2, -0.15) is 5.10 Å². The molecule has 0 bridgehead atoms. The molecule has 0 unspecified atom stereocenters. The zero-order valence-corrected chi connectivity index (χ0v) is 19.1. The van der Waals surface area contributed by atoms with Crippen LogP contribution < -0.4 is 9.47 Å². The first-order chi connectivity index (χ1) is 13.5. The number of nitrogens with zero attached hydrogens (tertiary/aromatic N) is 5. The molecule has 0 amide bonds. The first-order valence-corrected chi connectivity index (χ1v) is 12.3. The van der Waals surface area contributed by atoms with Gasteiger partial charge in [-0.1, -0.05) is 20.8 Å². The van der Waals surface area contributed by atoms with Gasteiger partial charge in [-0.25, -0.2) is 4.68 Å². The summed E-state index contributed by atoms with van der Waals surface area (Å²) >= 11 is 0. The zero-order chi connectivity index (χ0) is 21.8. The van der Waals surface area contributed by atoms with E-state index in [1.54, 1.807) is 13.0 Å². The molecule has 2 aromatic heterocycles. The monoisotopic (exact) mass is 423 g/mol. The topological polar surface area (TPSA) is 114 Å². The van der Waals surface area contributed by atoms with E-state index in [1.165, 1.54) is 18.0 Å². The molecule has 0 saturated carbocycles. The van der Waals surface area contributed by atoms with Gasteiger partial charge in [-0.15, -0.1) is 10.2 Å². The average Bonchev–Trinajstić information content (AvgIpc) is 2.96. The van der Waals surface area contributed by atoms with Crippen molar-refractivity contribution in [3.63, 3.8) is 0 Å². The normalized spacial score (nSPS) is 12.1. The van der Waals surface area contributed by atoms with Crippen LogP contribution >= 0.6 is 0 Å². The van der Waals surface area contributed by atoms with E-state index in [2.05, 4.69) is 49.2 Å². The van der Waals surface area contributed by atoms with E-state index in [4.69, 9.17) is 13.9 Å². The smallest absolute Gasteiger partial charge is 0.353 e. The second-order valence-electron chi connectivity index (χ2n) is 8.14. The van der Waals surface area contributed by atoms with Crippen molar-refractivity contribution in [1.82, 2.24) is 20.0 Å². The Hall–Kier alpha value is -2.53. The number of hydrogen-bond acceptors (Lipinski definition) is 8. The summed E-state index contributed by atoms with van der Waals surface area (Å²) in [6, 6.07) is 1.62. The number of ether oxygens (including phenoxy) is 2. The van der Waals surface area contributed by atoms with Gasteiger partial charge in [0.15, 0.2) is 8.32 Å². The van der Waals surface area contributed by atoms with Crippen LogP contribution in [0.25, 0.3) is 5.69 Å². The molecule has 2 heterocycles. The molecule has 11 heteroatoms. The first kappa shape index (κ1) is 22.8. The molecule has 0 fully saturated rings. The number of nitro groups is 1. The highest BCUT2D eigenvalue weighted by atomic mass is 28.4. The molecular formula is C18H29N5O5Si. The maximum absolute atomic E-state index is 11.6. The van der Waals surface area contributed by atoms with E-state index < -0.39 is 13.2 Å². The molecule has 0 aliphatic carbocycles. The van der Waals surface area contributed by atoms with Crippen LogP contribution in [-0.4, -0.2) is 53.5 Å². The van der Waals surface area contributed by atoms with Crippen LogP contribution in [0.15, 0.2) is 12.3 Å². The lowest BCUT2D eigenvalue weighted by Gasteiger charge is -2.36. The van der Waals surface area contributed by atoms with Gasteiger partial charge in [-0.05, 0) is 31.1 Å². The Balaban J connectivity index is 2.13. The fraction of sp³-hybridized carbons (Fsp3) is 0.611. The molecule has 0 aliphatic heterocycles. The third-order valence-corrected chi connectivity index (χ3v) is 9.66. The standard InChI is InChI=1S/C18H29N5O5Si/c1-13-15(23(24)25)17(21-22(13)14-9-10-19-20-16(14)26-5)27-11-8-12-28-29(6,7)18(2,3)4/h9-10H,8,11-12H2,1-7H3. The molecule has 10 nitrogen and oxygen atoms in total. The Labute approximate surface area is 171 Å². The summed E-state index contributed by atoms with van der Waals surface area (Å²) in [5.41, 5.74) is 0.571. The van der Waals surface area contributed by atoms with Gasteiger partial charge >= 0.3 is 11.6 Å². The third kappa shape index (κ3) is 5.09. The molecule has 29 heavy (non-hydrogen) atoms. The highest BCUT2D eigenvalue weighted by molar-refractivity contribution is 6.74. The van der Waals surface area contributed by atoms with Gasteiger partial charge in [-0.3, -0.25) is 10.1 Å². The maximum Gasteiger partial charge on any atom is 0.353 e. The second kappa shape index (κ2) is 8.87.